The largest absolute Gasteiger partial charge is 0.311 e. The first kappa shape index (κ1) is 12.8. The van der Waals surface area contributed by atoms with Gasteiger partial charge in [0.15, 0.2) is 0 Å². The Morgan fingerprint density at radius 1 is 1.20 bits per heavy atom. The fourth-order valence-corrected chi connectivity index (χ4v) is 2.43. The number of pyridine rings is 3. The van der Waals surface area contributed by atoms with Crippen LogP contribution in [0.4, 0.5) is 0 Å². The first-order valence-corrected chi connectivity index (χ1v) is 6.52. The summed E-state index contributed by atoms with van der Waals surface area (Å²) in [6, 6.07) is 5.42. The molecule has 0 saturated carbocycles. The van der Waals surface area contributed by atoms with Gasteiger partial charge in [-0.1, -0.05) is 11.6 Å². The number of fused-ring (bicyclic) bond motifs is 1. The van der Waals surface area contributed by atoms with Gasteiger partial charge in [-0.25, -0.2) is 4.98 Å². The van der Waals surface area contributed by atoms with Crippen LogP contribution in [0.25, 0.3) is 22.0 Å². The summed E-state index contributed by atoms with van der Waals surface area (Å²) < 4.78 is 1.59. The molecule has 3 aromatic rings. The van der Waals surface area contributed by atoms with Gasteiger partial charge in [-0.05, 0) is 30.7 Å². The summed E-state index contributed by atoms with van der Waals surface area (Å²) in [6.07, 6.45) is 5.10. The molecule has 0 radical (unpaired) electrons. The molecule has 0 N–H and O–H groups in total. The molecule has 3 rings (SSSR count). The van der Waals surface area contributed by atoms with Crippen LogP contribution in [0, 0.1) is 6.92 Å². The van der Waals surface area contributed by atoms with E-state index in [0.717, 1.165) is 22.0 Å². The van der Waals surface area contributed by atoms with Gasteiger partial charge < -0.3 is 4.57 Å². The molecule has 100 valence electrons. The smallest absolute Gasteiger partial charge is 0.258 e. The summed E-state index contributed by atoms with van der Waals surface area (Å²) >= 11 is 5.89. The predicted octanol–water partition coefficient (Wildman–Crippen LogP) is 2.96. The first-order chi connectivity index (χ1) is 9.58. The molecule has 3 heterocycles. The molecular weight excluding hydrogens is 274 g/mol. The van der Waals surface area contributed by atoms with Crippen molar-refractivity contribution in [3.05, 3.63) is 57.9 Å². The van der Waals surface area contributed by atoms with Crippen LogP contribution in [-0.4, -0.2) is 14.5 Å². The van der Waals surface area contributed by atoms with Crippen LogP contribution >= 0.6 is 11.6 Å². The van der Waals surface area contributed by atoms with Crippen LogP contribution in [0.1, 0.15) is 5.56 Å². The molecule has 0 aliphatic heterocycles. The second-order valence-electron chi connectivity index (χ2n) is 4.68. The molecular formula is C15H12ClN3O. The highest BCUT2D eigenvalue weighted by Crippen LogP contribution is 2.23. The van der Waals surface area contributed by atoms with Crippen molar-refractivity contribution in [3.63, 3.8) is 0 Å². The van der Waals surface area contributed by atoms with Crippen molar-refractivity contribution in [2.24, 2.45) is 7.05 Å². The molecule has 0 unspecified atom stereocenters. The minimum Gasteiger partial charge on any atom is -0.311 e. The SMILES string of the molecule is Cc1ccncc1-c1cc2cnc(Cl)cc2n(C)c1=O. The van der Waals surface area contributed by atoms with Gasteiger partial charge in [-0.15, -0.1) is 0 Å². The van der Waals surface area contributed by atoms with Gasteiger partial charge in [0.05, 0.1) is 5.52 Å². The second kappa shape index (κ2) is 4.72. The second-order valence-corrected chi connectivity index (χ2v) is 5.07. The highest BCUT2D eigenvalue weighted by atomic mass is 35.5. The van der Waals surface area contributed by atoms with E-state index in [1.165, 1.54) is 0 Å². The van der Waals surface area contributed by atoms with Gasteiger partial charge in [0.2, 0.25) is 0 Å². The van der Waals surface area contributed by atoms with Crippen LogP contribution < -0.4 is 5.56 Å². The molecule has 0 amide bonds. The van der Waals surface area contributed by atoms with Crippen LogP contribution in [0.2, 0.25) is 5.15 Å². The molecule has 3 aromatic heterocycles. The van der Waals surface area contributed by atoms with Gasteiger partial charge in [0.25, 0.3) is 5.56 Å². The molecule has 20 heavy (non-hydrogen) atoms. The summed E-state index contributed by atoms with van der Waals surface area (Å²) in [5, 5.41) is 1.24. The summed E-state index contributed by atoms with van der Waals surface area (Å²) in [4.78, 5) is 20.7. The van der Waals surface area contributed by atoms with E-state index in [4.69, 9.17) is 11.6 Å². The average molecular weight is 286 g/mol. The Hall–Kier alpha value is -2.20. The maximum absolute atomic E-state index is 12.5. The van der Waals surface area contributed by atoms with E-state index in [1.54, 1.807) is 36.3 Å². The number of hydrogen-bond donors (Lipinski definition) is 0. The number of nitrogens with zero attached hydrogens (tertiary/aromatic N) is 3. The minimum absolute atomic E-state index is 0.0733. The predicted molar refractivity (Wildman–Crippen MR) is 80.0 cm³/mol. The molecule has 0 aliphatic rings. The third kappa shape index (κ3) is 1.98. The maximum atomic E-state index is 12.5. The molecule has 0 aromatic carbocycles. The third-order valence-corrected chi connectivity index (χ3v) is 3.61. The lowest BCUT2D eigenvalue weighted by Gasteiger charge is -2.10. The van der Waals surface area contributed by atoms with E-state index in [1.807, 2.05) is 19.1 Å². The van der Waals surface area contributed by atoms with E-state index >= 15 is 0 Å². The van der Waals surface area contributed by atoms with Crippen molar-refractivity contribution in [1.82, 2.24) is 14.5 Å². The Morgan fingerprint density at radius 2 is 2.00 bits per heavy atom. The van der Waals surface area contributed by atoms with Gasteiger partial charge >= 0.3 is 0 Å². The lowest BCUT2D eigenvalue weighted by atomic mass is 10.0. The van der Waals surface area contributed by atoms with Gasteiger partial charge in [-0.3, -0.25) is 9.78 Å². The zero-order valence-corrected chi connectivity index (χ0v) is 11.8. The Morgan fingerprint density at radius 3 is 2.75 bits per heavy atom. The monoisotopic (exact) mass is 285 g/mol. The highest BCUT2D eigenvalue weighted by Gasteiger charge is 2.11. The number of halogens is 1. The fraction of sp³-hybridized carbons (Fsp3) is 0.133. The fourth-order valence-electron chi connectivity index (χ4n) is 2.28. The van der Waals surface area contributed by atoms with Crippen molar-refractivity contribution in [2.45, 2.75) is 6.92 Å². The summed E-state index contributed by atoms with van der Waals surface area (Å²) in [6.45, 7) is 1.96. The molecule has 0 aliphatic carbocycles. The quantitative estimate of drug-likeness (QED) is 0.646. The summed E-state index contributed by atoms with van der Waals surface area (Å²) in [7, 11) is 1.73. The summed E-state index contributed by atoms with van der Waals surface area (Å²) in [5.41, 5.74) is 3.16. The lowest BCUT2D eigenvalue weighted by molar-refractivity contribution is 0.906. The zero-order valence-electron chi connectivity index (χ0n) is 11.1. The van der Waals surface area contributed by atoms with Crippen LogP contribution in [0.3, 0.4) is 0 Å². The van der Waals surface area contributed by atoms with Crippen molar-refractivity contribution >= 4 is 22.5 Å². The van der Waals surface area contributed by atoms with E-state index in [-0.39, 0.29) is 5.56 Å². The zero-order chi connectivity index (χ0) is 14.3. The number of aryl methyl sites for hydroxylation is 2. The van der Waals surface area contributed by atoms with Gasteiger partial charge in [0, 0.05) is 42.2 Å². The Labute approximate surface area is 120 Å². The van der Waals surface area contributed by atoms with Crippen LogP contribution in [0.15, 0.2) is 41.6 Å². The molecule has 0 bridgehead atoms. The van der Waals surface area contributed by atoms with Crippen LogP contribution in [0.5, 0.6) is 0 Å². The Balaban J connectivity index is 2.39. The minimum atomic E-state index is -0.0733. The Bertz CT molecular complexity index is 871. The van der Waals surface area contributed by atoms with Crippen LogP contribution in [-0.2, 0) is 7.05 Å². The topological polar surface area (TPSA) is 47.8 Å². The van der Waals surface area contributed by atoms with Crippen molar-refractivity contribution in [1.29, 1.82) is 0 Å². The number of rotatable bonds is 1. The molecule has 0 spiro atoms. The maximum Gasteiger partial charge on any atom is 0.258 e. The third-order valence-electron chi connectivity index (χ3n) is 3.40. The van der Waals surface area contributed by atoms with Crippen molar-refractivity contribution in [2.75, 3.05) is 0 Å². The van der Waals surface area contributed by atoms with Crippen molar-refractivity contribution < 1.29 is 0 Å². The van der Waals surface area contributed by atoms with E-state index in [9.17, 15) is 4.79 Å². The number of hydrogen-bond acceptors (Lipinski definition) is 3. The average Bonchev–Trinajstić information content (AvgIpc) is 2.44. The van der Waals surface area contributed by atoms with E-state index in [2.05, 4.69) is 9.97 Å². The van der Waals surface area contributed by atoms with E-state index < -0.39 is 0 Å². The normalized spacial score (nSPS) is 10.9. The summed E-state index contributed by atoms with van der Waals surface area (Å²) in [5.74, 6) is 0. The molecule has 0 atom stereocenters. The van der Waals surface area contributed by atoms with Gasteiger partial charge in [0.1, 0.15) is 5.15 Å². The Kier molecular flexibility index (Phi) is 3.03. The first-order valence-electron chi connectivity index (χ1n) is 6.14. The molecule has 4 nitrogen and oxygen atoms in total. The van der Waals surface area contributed by atoms with E-state index in [0.29, 0.717) is 10.7 Å². The highest BCUT2D eigenvalue weighted by molar-refractivity contribution is 6.30. The van der Waals surface area contributed by atoms with Crippen molar-refractivity contribution in [3.8, 4) is 11.1 Å². The van der Waals surface area contributed by atoms with Gasteiger partial charge in [-0.2, -0.15) is 0 Å². The lowest BCUT2D eigenvalue weighted by Crippen LogP contribution is -2.19. The molecule has 0 saturated heterocycles. The standard InChI is InChI=1S/C15H12ClN3O/c1-9-3-4-17-8-12(9)11-5-10-7-18-14(16)6-13(10)19(2)15(11)20/h3-8H,1-2H3. The molecule has 0 fully saturated rings. The molecule has 5 heteroatoms. The number of aromatic nitrogens is 3.